The quantitative estimate of drug-likeness (QED) is 0.880. The topological polar surface area (TPSA) is 24.9 Å². The highest BCUT2D eigenvalue weighted by Gasteiger charge is 2.28. The first kappa shape index (κ1) is 14.0. The van der Waals surface area contributed by atoms with Gasteiger partial charge in [0.25, 0.3) is 0 Å². The van der Waals surface area contributed by atoms with Crippen LogP contribution < -0.4 is 5.32 Å². The molecule has 0 radical (unpaired) electrons. The third kappa shape index (κ3) is 2.75. The molecule has 20 heavy (non-hydrogen) atoms. The summed E-state index contributed by atoms with van der Waals surface area (Å²) in [6.07, 6.45) is 4.05. The fourth-order valence-electron chi connectivity index (χ4n) is 3.28. The van der Waals surface area contributed by atoms with Crippen molar-refractivity contribution in [3.63, 3.8) is 0 Å². The number of thiazole rings is 1. The van der Waals surface area contributed by atoms with E-state index in [0.29, 0.717) is 12.1 Å². The average Bonchev–Trinajstić information content (AvgIpc) is 2.88. The predicted molar refractivity (Wildman–Crippen MR) is 87.1 cm³/mol. The summed E-state index contributed by atoms with van der Waals surface area (Å²) >= 11 is 1.82. The Labute approximate surface area is 125 Å². The van der Waals surface area contributed by atoms with E-state index in [1.165, 1.54) is 29.0 Å². The largest absolute Gasteiger partial charge is 0.305 e. The van der Waals surface area contributed by atoms with E-state index in [9.17, 15) is 0 Å². The van der Waals surface area contributed by atoms with Crippen molar-refractivity contribution in [3.05, 3.63) is 29.3 Å². The number of hydrogen-bond donors (Lipinski definition) is 1. The van der Waals surface area contributed by atoms with Crippen LogP contribution in [0.4, 0.5) is 0 Å². The number of benzene rings is 1. The van der Waals surface area contributed by atoms with Gasteiger partial charge in [0.1, 0.15) is 5.01 Å². The van der Waals surface area contributed by atoms with Gasteiger partial charge in [-0.1, -0.05) is 38.8 Å². The van der Waals surface area contributed by atoms with Crippen LogP contribution in [0.5, 0.6) is 0 Å². The van der Waals surface area contributed by atoms with Crippen molar-refractivity contribution in [2.24, 2.45) is 11.8 Å². The first-order valence-electron chi connectivity index (χ1n) is 7.76. The number of nitrogens with one attached hydrogen (secondary N) is 1. The van der Waals surface area contributed by atoms with Gasteiger partial charge in [0.2, 0.25) is 0 Å². The number of para-hydroxylation sites is 1. The molecular weight excluding hydrogens is 264 g/mol. The molecule has 1 aromatic carbocycles. The lowest BCUT2D eigenvalue weighted by atomic mass is 9.78. The monoisotopic (exact) mass is 288 g/mol. The van der Waals surface area contributed by atoms with Crippen molar-refractivity contribution in [3.8, 4) is 0 Å². The van der Waals surface area contributed by atoms with E-state index in [0.717, 1.165) is 17.4 Å². The molecule has 4 unspecified atom stereocenters. The molecule has 1 fully saturated rings. The van der Waals surface area contributed by atoms with Crippen molar-refractivity contribution in [1.29, 1.82) is 0 Å². The maximum atomic E-state index is 4.78. The van der Waals surface area contributed by atoms with E-state index in [1.54, 1.807) is 0 Å². The van der Waals surface area contributed by atoms with Crippen LogP contribution in [0.1, 0.15) is 51.1 Å². The Kier molecular flexibility index (Phi) is 4.08. The summed E-state index contributed by atoms with van der Waals surface area (Å²) in [6.45, 7) is 7.04. The summed E-state index contributed by atoms with van der Waals surface area (Å²) in [7, 11) is 0. The molecule has 1 aliphatic carbocycles. The minimum atomic E-state index is 0.352. The summed E-state index contributed by atoms with van der Waals surface area (Å²) in [5, 5.41) is 5.04. The SMILES string of the molecule is CC(NC1CCCC(C)C1C)c1nc2ccccc2s1. The lowest BCUT2D eigenvalue weighted by Gasteiger charge is -2.36. The second kappa shape index (κ2) is 5.82. The summed E-state index contributed by atoms with van der Waals surface area (Å²) in [5.41, 5.74) is 1.13. The van der Waals surface area contributed by atoms with Crippen molar-refractivity contribution >= 4 is 21.6 Å². The molecule has 3 rings (SSSR count). The van der Waals surface area contributed by atoms with Gasteiger partial charge < -0.3 is 5.32 Å². The Hall–Kier alpha value is -0.930. The molecule has 0 spiro atoms. The maximum absolute atomic E-state index is 4.78. The molecule has 0 saturated heterocycles. The molecule has 1 N–H and O–H groups in total. The first-order chi connectivity index (χ1) is 9.65. The molecule has 1 saturated carbocycles. The molecule has 4 atom stereocenters. The lowest BCUT2D eigenvalue weighted by Crippen LogP contribution is -2.41. The second-order valence-electron chi connectivity index (χ2n) is 6.28. The van der Waals surface area contributed by atoms with Gasteiger partial charge in [-0.3, -0.25) is 0 Å². The smallest absolute Gasteiger partial charge is 0.111 e. The Bertz CT molecular complexity index is 544. The minimum absolute atomic E-state index is 0.352. The van der Waals surface area contributed by atoms with E-state index >= 15 is 0 Å². The molecule has 1 heterocycles. The number of aromatic nitrogens is 1. The van der Waals surface area contributed by atoms with E-state index < -0.39 is 0 Å². The molecule has 108 valence electrons. The van der Waals surface area contributed by atoms with Gasteiger partial charge in [-0.2, -0.15) is 0 Å². The first-order valence-corrected chi connectivity index (χ1v) is 8.58. The standard InChI is InChI=1S/C17H24N2S/c1-11-7-6-9-14(12(11)2)18-13(3)17-19-15-8-4-5-10-16(15)20-17/h4-5,8,10-14,18H,6-7,9H2,1-3H3. The van der Waals surface area contributed by atoms with Gasteiger partial charge in [0, 0.05) is 6.04 Å². The third-order valence-corrected chi connectivity index (χ3v) is 6.07. The summed E-state index contributed by atoms with van der Waals surface area (Å²) < 4.78 is 1.29. The van der Waals surface area contributed by atoms with Gasteiger partial charge in [-0.15, -0.1) is 11.3 Å². The van der Waals surface area contributed by atoms with Crippen LogP contribution >= 0.6 is 11.3 Å². The zero-order chi connectivity index (χ0) is 14.1. The Morgan fingerprint density at radius 2 is 2.05 bits per heavy atom. The normalized spacial score (nSPS) is 28.6. The summed E-state index contributed by atoms with van der Waals surface area (Å²) in [6, 6.07) is 9.41. The van der Waals surface area contributed by atoms with Gasteiger partial charge in [0.05, 0.1) is 16.3 Å². The fraction of sp³-hybridized carbons (Fsp3) is 0.588. The van der Waals surface area contributed by atoms with Crippen molar-refractivity contribution in [1.82, 2.24) is 10.3 Å². The number of nitrogens with zero attached hydrogens (tertiary/aromatic N) is 1. The number of fused-ring (bicyclic) bond motifs is 1. The molecule has 2 aromatic rings. The zero-order valence-electron chi connectivity index (χ0n) is 12.6. The number of hydrogen-bond acceptors (Lipinski definition) is 3. The van der Waals surface area contributed by atoms with Crippen LogP contribution in [0.25, 0.3) is 10.2 Å². The molecular formula is C17H24N2S. The number of rotatable bonds is 3. The third-order valence-electron chi connectivity index (χ3n) is 4.85. The minimum Gasteiger partial charge on any atom is -0.305 e. The van der Waals surface area contributed by atoms with E-state index in [2.05, 4.69) is 50.4 Å². The second-order valence-corrected chi connectivity index (χ2v) is 7.34. The lowest BCUT2D eigenvalue weighted by molar-refractivity contribution is 0.196. The summed E-state index contributed by atoms with van der Waals surface area (Å²) in [5.74, 6) is 1.60. The fourth-order valence-corrected chi connectivity index (χ4v) is 4.26. The van der Waals surface area contributed by atoms with E-state index in [4.69, 9.17) is 4.98 Å². The van der Waals surface area contributed by atoms with Crippen molar-refractivity contribution in [2.75, 3.05) is 0 Å². The van der Waals surface area contributed by atoms with E-state index in [1.807, 2.05) is 11.3 Å². The van der Waals surface area contributed by atoms with Crippen LogP contribution in [-0.4, -0.2) is 11.0 Å². The highest BCUT2D eigenvalue weighted by Crippen LogP contribution is 2.32. The van der Waals surface area contributed by atoms with Crippen LogP contribution in [0.2, 0.25) is 0 Å². The van der Waals surface area contributed by atoms with Gasteiger partial charge in [0.15, 0.2) is 0 Å². The van der Waals surface area contributed by atoms with Crippen molar-refractivity contribution in [2.45, 2.75) is 52.1 Å². The van der Waals surface area contributed by atoms with E-state index in [-0.39, 0.29) is 0 Å². The Morgan fingerprint density at radius 3 is 2.85 bits per heavy atom. The highest BCUT2D eigenvalue weighted by molar-refractivity contribution is 7.18. The highest BCUT2D eigenvalue weighted by atomic mass is 32.1. The molecule has 3 heteroatoms. The van der Waals surface area contributed by atoms with Gasteiger partial charge in [-0.25, -0.2) is 4.98 Å². The van der Waals surface area contributed by atoms with Gasteiger partial charge in [-0.05, 0) is 37.3 Å². The molecule has 0 aliphatic heterocycles. The molecule has 1 aromatic heterocycles. The Morgan fingerprint density at radius 1 is 1.25 bits per heavy atom. The average molecular weight is 288 g/mol. The van der Waals surface area contributed by atoms with Crippen LogP contribution in [0, 0.1) is 11.8 Å². The van der Waals surface area contributed by atoms with Crippen molar-refractivity contribution < 1.29 is 0 Å². The zero-order valence-corrected chi connectivity index (χ0v) is 13.4. The van der Waals surface area contributed by atoms with Crippen LogP contribution in [-0.2, 0) is 0 Å². The van der Waals surface area contributed by atoms with Gasteiger partial charge >= 0.3 is 0 Å². The summed E-state index contributed by atoms with van der Waals surface area (Å²) in [4.78, 5) is 4.78. The molecule has 0 bridgehead atoms. The Balaban J connectivity index is 1.73. The molecule has 1 aliphatic rings. The predicted octanol–water partition coefficient (Wildman–Crippen LogP) is 4.77. The van der Waals surface area contributed by atoms with Crippen LogP contribution in [0.3, 0.4) is 0 Å². The molecule has 2 nitrogen and oxygen atoms in total. The maximum Gasteiger partial charge on any atom is 0.111 e. The van der Waals surface area contributed by atoms with Crippen LogP contribution in [0.15, 0.2) is 24.3 Å². The molecule has 0 amide bonds.